The molecule has 0 N–H and O–H groups in total. The molecular formula is C17H14O5. The van der Waals surface area contributed by atoms with Gasteiger partial charge in [0.25, 0.3) is 0 Å². The zero-order valence-corrected chi connectivity index (χ0v) is 12.2. The first-order valence-electron chi connectivity index (χ1n) is 7.36. The molecule has 0 bridgehead atoms. The van der Waals surface area contributed by atoms with Gasteiger partial charge in [0, 0.05) is 24.8 Å². The van der Waals surface area contributed by atoms with Gasteiger partial charge in [0.1, 0.15) is 17.2 Å². The molecule has 5 rings (SSSR count). The second-order valence-corrected chi connectivity index (χ2v) is 6.35. The maximum atomic E-state index is 11.5. The molecule has 112 valence electrons. The highest BCUT2D eigenvalue weighted by Gasteiger charge is 2.46. The van der Waals surface area contributed by atoms with E-state index in [0.29, 0.717) is 6.42 Å². The Morgan fingerprint density at radius 1 is 1.14 bits per heavy atom. The van der Waals surface area contributed by atoms with E-state index in [1.165, 1.54) is 0 Å². The molecular weight excluding hydrogens is 284 g/mol. The number of rotatable bonds is 0. The number of hydrogen-bond acceptors (Lipinski definition) is 5. The largest absolute Gasteiger partial charge is 0.484 e. The molecule has 1 fully saturated rings. The van der Waals surface area contributed by atoms with Crippen molar-refractivity contribution in [2.75, 3.05) is 0 Å². The predicted octanol–water partition coefficient (Wildman–Crippen LogP) is 3.10. The Labute approximate surface area is 126 Å². The van der Waals surface area contributed by atoms with Gasteiger partial charge in [-0.2, -0.15) is 0 Å². The summed E-state index contributed by atoms with van der Waals surface area (Å²) in [5.74, 6) is 1.35. The van der Waals surface area contributed by atoms with E-state index in [9.17, 15) is 4.79 Å². The van der Waals surface area contributed by atoms with Gasteiger partial charge in [-0.1, -0.05) is 12.1 Å². The fourth-order valence-electron chi connectivity index (χ4n) is 3.52. The lowest BCUT2D eigenvalue weighted by atomic mass is 9.99. The van der Waals surface area contributed by atoms with Gasteiger partial charge >= 0.3 is 5.97 Å². The Kier molecular flexibility index (Phi) is 2.02. The first kappa shape index (κ1) is 12.1. The summed E-state index contributed by atoms with van der Waals surface area (Å²) in [6.07, 6.45) is -0.278. The summed E-state index contributed by atoms with van der Waals surface area (Å²) in [4.78, 5) is 11.5. The maximum Gasteiger partial charge on any atom is 0.310 e. The highest BCUT2D eigenvalue weighted by atomic mass is 16.7. The van der Waals surface area contributed by atoms with Gasteiger partial charge in [0.05, 0.1) is 11.8 Å². The van der Waals surface area contributed by atoms with Crippen LogP contribution < -0.4 is 14.2 Å². The van der Waals surface area contributed by atoms with E-state index in [0.717, 1.165) is 33.6 Å². The summed E-state index contributed by atoms with van der Waals surface area (Å²) in [6.45, 7) is 3.74. The Hall–Kier alpha value is -2.43. The third kappa shape index (κ3) is 1.46. The lowest BCUT2D eigenvalue weighted by molar-refractivity contribution is -0.141. The number of fused-ring (bicyclic) bond motifs is 4. The molecule has 3 heterocycles. The molecule has 2 atom stereocenters. The van der Waals surface area contributed by atoms with E-state index in [2.05, 4.69) is 0 Å². The lowest BCUT2D eigenvalue weighted by Gasteiger charge is -2.33. The number of carbonyl (C=O) groups excluding carboxylic acids is 1. The van der Waals surface area contributed by atoms with Crippen LogP contribution >= 0.6 is 0 Å². The highest BCUT2D eigenvalue weighted by Crippen LogP contribution is 2.53. The van der Waals surface area contributed by atoms with Crippen molar-refractivity contribution in [2.24, 2.45) is 0 Å². The topological polar surface area (TPSA) is 54.0 Å². The van der Waals surface area contributed by atoms with Crippen LogP contribution in [0.2, 0.25) is 0 Å². The fourth-order valence-corrected chi connectivity index (χ4v) is 3.52. The van der Waals surface area contributed by atoms with Gasteiger partial charge in [-0.25, -0.2) is 0 Å². The van der Waals surface area contributed by atoms with E-state index >= 15 is 0 Å². The average Bonchev–Trinajstić information content (AvgIpc) is 2.94. The van der Waals surface area contributed by atoms with Crippen LogP contribution in [0.3, 0.4) is 0 Å². The maximum absolute atomic E-state index is 11.5. The molecule has 22 heavy (non-hydrogen) atoms. The second kappa shape index (κ2) is 3.66. The Morgan fingerprint density at radius 2 is 1.95 bits per heavy atom. The zero-order chi connectivity index (χ0) is 15.1. The summed E-state index contributed by atoms with van der Waals surface area (Å²) in [5, 5.41) is 1.85. The Balaban J connectivity index is 1.79. The molecule has 2 aromatic rings. The SMILES string of the molecule is CC1(C)Oc2cccc3c4c(cc(c23)O1)C1OC(=O)CC1O4. The second-order valence-electron chi connectivity index (χ2n) is 6.35. The monoisotopic (exact) mass is 298 g/mol. The van der Waals surface area contributed by atoms with Crippen LogP contribution in [0.4, 0.5) is 0 Å². The predicted molar refractivity (Wildman–Crippen MR) is 77.1 cm³/mol. The standard InChI is InChI=1S/C17H14O5/c1-17(2)21-10-5-3-4-8-14(10)11(22-17)6-9-15(8)19-12-7-13(18)20-16(9)12/h3-6,12,16H,7H2,1-2H3. The quantitative estimate of drug-likeness (QED) is 0.700. The molecule has 5 nitrogen and oxygen atoms in total. The van der Waals surface area contributed by atoms with Crippen molar-refractivity contribution in [3.63, 3.8) is 0 Å². The summed E-state index contributed by atoms with van der Waals surface area (Å²) in [5.41, 5.74) is 0.883. The lowest BCUT2D eigenvalue weighted by Crippen LogP contribution is -2.37. The van der Waals surface area contributed by atoms with E-state index in [1.807, 2.05) is 38.1 Å². The van der Waals surface area contributed by atoms with Crippen molar-refractivity contribution < 1.29 is 23.7 Å². The van der Waals surface area contributed by atoms with Crippen molar-refractivity contribution >= 4 is 16.7 Å². The minimum absolute atomic E-state index is 0.215. The van der Waals surface area contributed by atoms with Gasteiger partial charge in [0.15, 0.2) is 12.2 Å². The van der Waals surface area contributed by atoms with Crippen LogP contribution in [-0.4, -0.2) is 17.9 Å². The first-order valence-corrected chi connectivity index (χ1v) is 7.36. The molecule has 0 aliphatic carbocycles. The van der Waals surface area contributed by atoms with E-state index in [-0.39, 0.29) is 18.2 Å². The van der Waals surface area contributed by atoms with Crippen molar-refractivity contribution in [1.82, 2.24) is 0 Å². The number of hydrogen-bond donors (Lipinski definition) is 0. The summed E-state index contributed by atoms with van der Waals surface area (Å²) >= 11 is 0. The fraction of sp³-hybridized carbons (Fsp3) is 0.353. The summed E-state index contributed by atoms with van der Waals surface area (Å²) < 4.78 is 23.3. The molecule has 2 unspecified atom stereocenters. The first-order chi connectivity index (χ1) is 10.5. The molecule has 2 aromatic carbocycles. The van der Waals surface area contributed by atoms with E-state index in [4.69, 9.17) is 18.9 Å². The molecule has 0 amide bonds. The van der Waals surface area contributed by atoms with E-state index in [1.54, 1.807) is 0 Å². The van der Waals surface area contributed by atoms with Gasteiger partial charge in [0.2, 0.25) is 5.79 Å². The number of ether oxygens (including phenoxy) is 4. The molecule has 0 radical (unpaired) electrons. The molecule has 0 saturated carbocycles. The molecule has 3 aliphatic rings. The number of esters is 1. The van der Waals surface area contributed by atoms with Crippen LogP contribution in [0.25, 0.3) is 10.8 Å². The number of benzene rings is 2. The third-order valence-corrected chi connectivity index (χ3v) is 4.32. The highest BCUT2D eigenvalue weighted by molar-refractivity contribution is 6.00. The van der Waals surface area contributed by atoms with E-state index < -0.39 is 5.79 Å². The molecule has 5 heteroatoms. The average molecular weight is 298 g/mol. The van der Waals surface area contributed by atoms with Crippen LogP contribution in [-0.2, 0) is 9.53 Å². The molecule has 3 aliphatic heterocycles. The van der Waals surface area contributed by atoms with Crippen molar-refractivity contribution in [3.05, 3.63) is 29.8 Å². The minimum Gasteiger partial charge on any atom is -0.484 e. The molecule has 1 saturated heterocycles. The van der Waals surface area contributed by atoms with Gasteiger partial charge in [-0.3, -0.25) is 4.79 Å². The van der Waals surface area contributed by atoms with Crippen molar-refractivity contribution in [2.45, 2.75) is 38.3 Å². The summed E-state index contributed by atoms with van der Waals surface area (Å²) in [7, 11) is 0. The zero-order valence-electron chi connectivity index (χ0n) is 12.2. The Bertz CT molecular complexity index is 839. The van der Waals surface area contributed by atoms with Crippen LogP contribution in [0, 0.1) is 0 Å². The van der Waals surface area contributed by atoms with Crippen LogP contribution in [0.1, 0.15) is 31.9 Å². The van der Waals surface area contributed by atoms with Gasteiger partial charge < -0.3 is 18.9 Å². The van der Waals surface area contributed by atoms with Crippen molar-refractivity contribution in [3.8, 4) is 17.2 Å². The van der Waals surface area contributed by atoms with Gasteiger partial charge in [-0.15, -0.1) is 0 Å². The van der Waals surface area contributed by atoms with Crippen molar-refractivity contribution in [1.29, 1.82) is 0 Å². The van der Waals surface area contributed by atoms with Crippen LogP contribution in [0.15, 0.2) is 24.3 Å². The summed E-state index contributed by atoms with van der Waals surface area (Å²) in [6, 6.07) is 7.77. The Morgan fingerprint density at radius 3 is 2.82 bits per heavy atom. The smallest absolute Gasteiger partial charge is 0.310 e. The number of carbonyl (C=O) groups is 1. The molecule has 0 aromatic heterocycles. The normalized spacial score (nSPS) is 26.5. The molecule has 0 spiro atoms. The minimum atomic E-state index is -0.735. The third-order valence-electron chi connectivity index (χ3n) is 4.32. The van der Waals surface area contributed by atoms with Gasteiger partial charge in [-0.05, 0) is 12.1 Å². The van der Waals surface area contributed by atoms with Crippen LogP contribution in [0.5, 0.6) is 17.2 Å².